The number of halogens is 1. The van der Waals surface area contributed by atoms with Crippen LogP contribution < -0.4 is 0 Å². The van der Waals surface area contributed by atoms with Crippen molar-refractivity contribution in [1.29, 1.82) is 0 Å². The average molecular weight is 313 g/mol. The molecule has 4 nitrogen and oxygen atoms in total. The SMILES string of the molecule is Cc1cccc2c1nc(CCl)n2C1(C)CCS(=O)(=O)C1. The Hall–Kier alpha value is -1.07. The molecule has 0 radical (unpaired) electrons. The smallest absolute Gasteiger partial charge is 0.152 e. The molecule has 1 saturated heterocycles. The highest BCUT2D eigenvalue weighted by Gasteiger charge is 2.41. The molecule has 1 atom stereocenters. The Labute approximate surface area is 123 Å². The van der Waals surface area contributed by atoms with Crippen LogP contribution in [0.3, 0.4) is 0 Å². The minimum absolute atomic E-state index is 0.156. The van der Waals surface area contributed by atoms with Gasteiger partial charge in [-0.2, -0.15) is 0 Å². The molecule has 20 heavy (non-hydrogen) atoms. The number of benzene rings is 1. The van der Waals surface area contributed by atoms with Crippen LogP contribution in [0.1, 0.15) is 24.7 Å². The summed E-state index contributed by atoms with van der Waals surface area (Å²) in [4.78, 5) is 4.60. The number of imidazole rings is 1. The summed E-state index contributed by atoms with van der Waals surface area (Å²) in [5.74, 6) is 1.42. The number of fused-ring (bicyclic) bond motifs is 1. The van der Waals surface area contributed by atoms with E-state index < -0.39 is 15.4 Å². The third-order valence-electron chi connectivity index (χ3n) is 4.10. The van der Waals surface area contributed by atoms with E-state index in [2.05, 4.69) is 4.98 Å². The Kier molecular flexibility index (Phi) is 3.10. The van der Waals surface area contributed by atoms with Crippen molar-refractivity contribution < 1.29 is 8.42 Å². The zero-order valence-electron chi connectivity index (χ0n) is 11.6. The molecule has 1 unspecified atom stereocenters. The highest BCUT2D eigenvalue weighted by molar-refractivity contribution is 7.91. The van der Waals surface area contributed by atoms with E-state index in [-0.39, 0.29) is 17.4 Å². The van der Waals surface area contributed by atoms with Crippen molar-refractivity contribution in [3.05, 3.63) is 29.6 Å². The van der Waals surface area contributed by atoms with Crippen molar-refractivity contribution in [1.82, 2.24) is 9.55 Å². The van der Waals surface area contributed by atoms with Crippen LogP contribution in [0.2, 0.25) is 0 Å². The number of para-hydroxylation sites is 1. The molecular weight excluding hydrogens is 296 g/mol. The van der Waals surface area contributed by atoms with E-state index >= 15 is 0 Å². The lowest BCUT2D eigenvalue weighted by Gasteiger charge is -2.27. The normalized spacial score (nSPS) is 25.4. The van der Waals surface area contributed by atoms with Crippen LogP contribution in [-0.2, 0) is 21.3 Å². The number of hydrogen-bond donors (Lipinski definition) is 0. The Bertz CT molecular complexity index is 782. The Morgan fingerprint density at radius 2 is 2.20 bits per heavy atom. The summed E-state index contributed by atoms with van der Waals surface area (Å²) >= 11 is 6.03. The van der Waals surface area contributed by atoms with Crippen LogP contribution in [0.4, 0.5) is 0 Å². The summed E-state index contributed by atoms with van der Waals surface area (Å²) in [6, 6.07) is 5.97. The fourth-order valence-corrected chi connectivity index (χ4v) is 5.44. The van der Waals surface area contributed by atoms with Crippen molar-refractivity contribution in [2.24, 2.45) is 0 Å². The highest BCUT2D eigenvalue weighted by atomic mass is 35.5. The molecule has 6 heteroatoms. The van der Waals surface area contributed by atoms with Gasteiger partial charge in [-0.25, -0.2) is 13.4 Å². The largest absolute Gasteiger partial charge is 0.320 e. The fourth-order valence-electron chi connectivity index (χ4n) is 3.15. The molecule has 1 aliphatic heterocycles. The standard InChI is InChI=1S/C14H17ClN2O2S/c1-10-4-3-5-11-13(10)16-12(8-15)17(11)14(2)6-7-20(18,19)9-14/h3-5H,6-9H2,1-2H3. The van der Waals surface area contributed by atoms with Gasteiger partial charge in [0.15, 0.2) is 9.84 Å². The van der Waals surface area contributed by atoms with Crippen molar-refractivity contribution in [3.63, 3.8) is 0 Å². The predicted octanol–water partition coefficient (Wildman–Crippen LogP) is 2.62. The van der Waals surface area contributed by atoms with Gasteiger partial charge < -0.3 is 4.57 Å². The molecule has 1 aromatic carbocycles. The van der Waals surface area contributed by atoms with Gasteiger partial charge >= 0.3 is 0 Å². The number of rotatable bonds is 2. The van der Waals surface area contributed by atoms with Crippen LogP contribution in [0.25, 0.3) is 11.0 Å². The number of aryl methyl sites for hydroxylation is 1. The summed E-state index contributed by atoms with van der Waals surface area (Å²) in [6.07, 6.45) is 0.610. The lowest BCUT2D eigenvalue weighted by molar-refractivity contribution is 0.367. The van der Waals surface area contributed by atoms with E-state index in [0.717, 1.165) is 22.4 Å². The van der Waals surface area contributed by atoms with Crippen LogP contribution in [-0.4, -0.2) is 29.5 Å². The quantitative estimate of drug-likeness (QED) is 0.801. The Morgan fingerprint density at radius 1 is 1.45 bits per heavy atom. The molecular formula is C14H17ClN2O2S. The molecule has 0 bridgehead atoms. The van der Waals surface area contributed by atoms with Crippen LogP contribution in [0.15, 0.2) is 18.2 Å². The van der Waals surface area contributed by atoms with Crippen LogP contribution in [0, 0.1) is 6.92 Å². The van der Waals surface area contributed by atoms with Gasteiger partial charge in [-0.05, 0) is 31.9 Å². The number of alkyl halides is 1. The molecule has 1 aromatic heterocycles. The van der Waals surface area contributed by atoms with Crippen molar-refractivity contribution in [2.75, 3.05) is 11.5 Å². The van der Waals surface area contributed by atoms with E-state index in [1.165, 1.54) is 0 Å². The third kappa shape index (κ3) is 2.04. The molecule has 2 heterocycles. The van der Waals surface area contributed by atoms with Crippen LogP contribution >= 0.6 is 11.6 Å². The van der Waals surface area contributed by atoms with Gasteiger partial charge in [-0.3, -0.25) is 0 Å². The van der Waals surface area contributed by atoms with E-state index in [9.17, 15) is 8.42 Å². The van der Waals surface area contributed by atoms with Gasteiger partial charge in [0.25, 0.3) is 0 Å². The third-order valence-corrected chi connectivity index (χ3v) is 6.23. The molecule has 0 spiro atoms. The Balaban J connectivity index is 2.28. The first kappa shape index (κ1) is 13.9. The summed E-state index contributed by atoms with van der Waals surface area (Å²) < 4.78 is 25.8. The zero-order chi connectivity index (χ0) is 14.5. The second-order valence-corrected chi connectivity index (χ2v) is 8.23. The molecule has 3 rings (SSSR count). The lowest BCUT2D eigenvalue weighted by Crippen LogP contribution is -2.32. The average Bonchev–Trinajstić information content (AvgIpc) is 2.89. The zero-order valence-corrected chi connectivity index (χ0v) is 13.1. The molecule has 0 N–H and O–H groups in total. The monoisotopic (exact) mass is 312 g/mol. The molecule has 1 fully saturated rings. The molecule has 0 aliphatic carbocycles. The molecule has 2 aromatic rings. The van der Waals surface area contributed by atoms with Crippen molar-refractivity contribution in [2.45, 2.75) is 31.7 Å². The molecule has 108 valence electrons. The van der Waals surface area contributed by atoms with Gasteiger partial charge in [0.2, 0.25) is 0 Å². The number of sulfone groups is 1. The fraction of sp³-hybridized carbons (Fsp3) is 0.500. The predicted molar refractivity (Wildman–Crippen MR) is 80.9 cm³/mol. The maximum atomic E-state index is 11.9. The van der Waals surface area contributed by atoms with Gasteiger partial charge in [-0.15, -0.1) is 11.6 Å². The lowest BCUT2D eigenvalue weighted by atomic mass is 10.0. The second-order valence-electron chi connectivity index (χ2n) is 5.78. The summed E-state index contributed by atoms with van der Waals surface area (Å²) in [6.45, 7) is 3.99. The Morgan fingerprint density at radius 3 is 2.80 bits per heavy atom. The van der Waals surface area contributed by atoms with Gasteiger partial charge in [0.1, 0.15) is 5.82 Å². The molecule has 0 amide bonds. The summed E-state index contributed by atoms with van der Waals surface area (Å²) in [7, 11) is -2.98. The number of nitrogens with zero attached hydrogens (tertiary/aromatic N) is 2. The van der Waals surface area contributed by atoms with E-state index in [0.29, 0.717) is 6.42 Å². The first-order valence-electron chi connectivity index (χ1n) is 6.60. The van der Waals surface area contributed by atoms with Gasteiger partial charge in [0, 0.05) is 0 Å². The van der Waals surface area contributed by atoms with Crippen molar-refractivity contribution >= 4 is 32.5 Å². The highest BCUT2D eigenvalue weighted by Crippen LogP contribution is 2.36. The van der Waals surface area contributed by atoms with E-state index in [1.807, 2.05) is 36.6 Å². The number of aromatic nitrogens is 2. The maximum Gasteiger partial charge on any atom is 0.152 e. The minimum atomic E-state index is -2.98. The van der Waals surface area contributed by atoms with Crippen molar-refractivity contribution in [3.8, 4) is 0 Å². The molecule has 0 saturated carbocycles. The minimum Gasteiger partial charge on any atom is -0.320 e. The first-order chi connectivity index (χ1) is 9.36. The molecule has 1 aliphatic rings. The van der Waals surface area contributed by atoms with E-state index in [4.69, 9.17) is 11.6 Å². The number of hydrogen-bond acceptors (Lipinski definition) is 3. The van der Waals surface area contributed by atoms with Gasteiger partial charge in [-0.1, -0.05) is 12.1 Å². The summed E-state index contributed by atoms with van der Waals surface area (Å²) in [5, 5.41) is 0. The van der Waals surface area contributed by atoms with Crippen LogP contribution in [0.5, 0.6) is 0 Å². The maximum absolute atomic E-state index is 11.9. The first-order valence-corrected chi connectivity index (χ1v) is 8.96. The van der Waals surface area contributed by atoms with Gasteiger partial charge in [0.05, 0.1) is 34.0 Å². The second kappa shape index (κ2) is 4.46. The summed E-state index contributed by atoms with van der Waals surface area (Å²) in [5.41, 5.74) is 2.51. The topological polar surface area (TPSA) is 52.0 Å². The van der Waals surface area contributed by atoms with E-state index in [1.54, 1.807) is 0 Å².